The number of nitrogens with one attached hydrogen (secondary N) is 1. The third-order valence-corrected chi connectivity index (χ3v) is 6.98. The predicted octanol–water partition coefficient (Wildman–Crippen LogP) is 2.53. The van der Waals surface area contributed by atoms with Crippen molar-refractivity contribution in [2.24, 2.45) is 11.8 Å². The van der Waals surface area contributed by atoms with E-state index < -0.39 is 41.2 Å². The molecule has 2 aromatic rings. The highest BCUT2D eigenvalue weighted by Gasteiger charge is 2.66. The lowest BCUT2D eigenvalue weighted by molar-refractivity contribution is -0.150. The zero-order valence-corrected chi connectivity index (χ0v) is 19.0. The maximum absolute atomic E-state index is 13.5. The van der Waals surface area contributed by atoms with Crippen molar-refractivity contribution in [3.63, 3.8) is 0 Å². The fourth-order valence-electron chi connectivity index (χ4n) is 5.16. The highest BCUT2D eigenvalue weighted by Crippen LogP contribution is 2.50. The summed E-state index contributed by atoms with van der Waals surface area (Å²) in [5.74, 6) is -4.17. The summed E-state index contributed by atoms with van der Waals surface area (Å²) in [6.45, 7) is 7.08. The third kappa shape index (κ3) is 3.64. The van der Waals surface area contributed by atoms with Gasteiger partial charge >= 0.3 is 5.97 Å². The van der Waals surface area contributed by atoms with Crippen LogP contribution < -0.4 is 10.2 Å². The van der Waals surface area contributed by atoms with Gasteiger partial charge < -0.3 is 15.1 Å². The molecule has 174 valence electrons. The molecule has 2 amide bonds. The van der Waals surface area contributed by atoms with Gasteiger partial charge in [-0.15, -0.1) is 0 Å². The second kappa shape index (κ2) is 8.51. The second-order valence-corrected chi connectivity index (χ2v) is 8.80. The van der Waals surface area contributed by atoms with Crippen LogP contribution in [-0.4, -0.2) is 51.5 Å². The number of likely N-dealkylation sites (tertiary alicyclic amines) is 1. The minimum atomic E-state index is -1.64. The van der Waals surface area contributed by atoms with Crippen LogP contribution in [0.3, 0.4) is 0 Å². The number of rotatable bonds is 7. The Balaban J connectivity index is 1.73. The van der Waals surface area contributed by atoms with Crippen LogP contribution in [-0.2, 0) is 20.9 Å². The van der Waals surface area contributed by atoms with E-state index in [4.69, 9.17) is 0 Å². The number of carboxylic acid groups (broad SMARTS) is 1. The number of benzene rings is 2. The van der Waals surface area contributed by atoms with Crippen LogP contribution in [0.1, 0.15) is 37.9 Å². The number of phenols is 1. The van der Waals surface area contributed by atoms with Gasteiger partial charge in [0.1, 0.15) is 11.3 Å². The SMILES string of the molecule is CCN(CC)c1ccc([C@@H]2N[C@](C)(C(=O)O)[C@@H]3C(=O)N(Cc4ccccc4)C(=O)[C@H]32)c(O)c1. The standard InChI is InChI=1S/C25H29N3O5/c1-4-27(5-2)16-11-12-17(18(29)13-16)21-19-20(25(3,26-21)24(32)33)23(31)28(22(19)30)14-15-9-7-6-8-10-15/h6-13,19-21,26,29H,4-5,14H2,1-3H3,(H,32,33)/t19-,20+,21+,25+/m1/s1. The molecule has 8 nitrogen and oxygen atoms in total. The summed E-state index contributed by atoms with van der Waals surface area (Å²) in [5.41, 5.74) is 0.384. The van der Waals surface area contributed by atoms with Crippen LogP contribution >= 0.6 is 0 Å². The summed E-state index contributed by atoms with van der Waals surface area (Å²) in [6, 6.07) is 13.5. The van der Waals surface area contributed by atoms with Gasteiger partial charge in [-0.3, -0.25) is 24.6 Å². The Hall–Kier alpha value is -3.39. The van der Waals surface area contributed by atoms with Gasteiger partial charge in [-0.1, -0.05) is 36.4 Å². The molecule has 2 saturated heterocycles. The molecule has 8 heteroatoms. The van der Waals surface area contributed by atoms with Gasteiger partial charge in [0.15, 0.2) is 0 Å². The molecule has 0 spiro atoms. The Kier molecular flexibility index (Phi) is 5.88. The number of carbonyl (C=O) groups is 3. The minimum Gasteiger partial charge on any atom is -0.508 e. The molecular formula is C25H29N3O5. The molecule has 4 atom stereocenters. The molecule has 0 bridgehead atoms. The lowest BCUT2D eigenvalue weighted by Crippen LogP contribution is -2.53. The van der Waals surface area contributed by atoms with E-state index in [0.717, 1.165) is 29.2 Å². The van der Waals surface area contributed by atoms with Crippen molar-refractivity contribution >= 4 is 23.5 Å². The van der Waals surface area contributed by atoms with E-state index >= 15 is 0 Å². The van der Waals surface area contributed by atoms with Gasteiger partial charge in [0.05, 0.1) is 18.4 Å². The monoisotopic (exact) mass is 451 g/mol. The number of aromatic hydroxyl groups is 1. The van der Waals surface area contributed by atoms with Crippen LogP contribution in [0.2, 0.25) is 0 Å². The molecule has 3 N–H and O–H groups in total. The van der Waals surface area contributed by atoms with Gasteiger partial charge in [-0.05, 0) is 32.4 Å². The number of fused-ring (bicyclic) bond motifs is 1. The largest absolute Gasteiger partial charge is 0.508 e. The highest BCUT2D eigenvalue weighted by atomic mass is 16.4. The van der Waals surface area contributed by atoms with Crippen molar-refractivity contribution in [1.29, 1.82) is 0 Å². The molecule has 2 heterocycles. The van der Waals surface area contributed by atoms with E-state index in [9.17, 15) is 24.6 Å². The number of hydrogen-bond acceptors (Lipinski definition) is 6. The van der Waals surface area contributed by atoms with Crippen molar-refractivity contribution in [3.05, 3.63) is 59.7 Å². The van der Waals surface area contributed by atoms with Crippen molar-refractivity contribution in [2.45, 2.75) is 38.9 Å². The summed E-state index contributed by atoms with van der Waals surface area (Å²) in [7, 11) is 0. The smallest absolute Gasteiger partial charge is 0.324 e. The summed E-state index contributed by atoms with van der Waals surface area (Å²) < 4.78 is 0. The first-order valence-corrected chi connectivity index (χ1v) is 11.2. The Morgan fingerprint density at radius 2 is 1.76 bits per heavy atom. The second-order valence-electron chi connectivity index (χ2n) is 8.80. The van der Waals surface area contributed by atoms with E-state index in [1.165, 1.54) is 6.92 Å². The van der Waals surface area contributed by atoms with E-state index in [-0.39, 0.29) is 12.3 Å². The maximum Gasteiger partial charge on any atom is 0.324 e. The average molecular weight is 452 g/mol. The summed E-state index contributed by atoms with van der Waals surface area (Å²) in [6.07, 6.45) is 0. The molecule has 33 heavy (non-hydrogen) atoms. The maximum atomic E-state index is 13.5. The van der Waals surface area contributed by atoms with E-state index in [1.54, 1.807) is 12.1 Å². The van der Waals surface area contributed by atoms with Crippen LogP contribution in [0.25, 0.3) is 0 Å². The molecule has 0 radical (unpaired) electrons. The first-order chi connectivity index (χ1) is 15.7. The van der Waals surface area contributed by atoms with Crippen LogP contribution in [0.4, 0.5) is 5.69 Å². The fraction of sp³-hybridized carbons (Fsp3) is 0.400. The van der Waals surface area contributed by atoms with Crippen LogP contribution in [0.5, 0.6) is 5.75 Å². The Bertz CT molecular complexity index is 1080. The average Bonchev–Trinajstić information content (AvgIpc) is 3.24. The van der Waals surface area contributed by atoms with Gasteiger partial charge in [-0.2, -0.15) is 0 Å². The van der Waals surface area contributed by atoms with E-state index in [0.29, 0.717) is 5.56 Å². The lowest BCUT2D eigenvalue weighted by atomic mass is 9.80. The molecule has 2 aromatic carbocycles. The third-order valence-electron chi connectivity index (χ3n) is 6.98. The number of aliphatic carboxylic acids is 1. The van der Waals surface area contributed by atoms with E-state index in [1.807, 2.05) is 50.2 Å². The number of phenolic OH excluding ortho intramolecular Hbond substituents is 1. The quantitative estimate of drug-likeness (QED) is 0.555. The first kappa shape index (κ1) is 22.8. The van der Waals surface area contributed by atoms with Crippen LogP contribution in [0, 0.1) is 11.8 Å². The molecule has 0 unspecified atom stereocenters. The first-order valence-electron chi connectivity index (χ1n) is 11.2. The molecule has 0 aliphatic carbocycles. The molecular weight excluding hydrogens is 422 g/mol. The van der Waals surface area contributed by atoms with Crippen molar-refractivity contribution in [2.75, 3.05) is 18.0 Å². The number of amides is 2. The molecule has 0 aromatic heterocycles. The van der Waals surface area contributed by atoms with Gasteiger partial charge in [-0.25, -0.2) is 0 Å². The number of carbonyl (C=O) groups excluding carboxylic acids is 2. The number of carboxylic acids is 1. The normalized spacial score (nSPS) is 26.5. The molecule has 2 fully saturated rings. The molecule has 4 rings (SSSR count). The van der Waals surface area contributed by atoms with Crippen LogP contribution in [0.15, 0.2) is 48.5 Å². The van der Waals surface area contributed by atoms with Gasteiger partial charge in [0, 0.05) is 36.4 Å². The summed E-state index contributed by atoms with van der Waals surface area (Å²) in [5, 5.41) is 23.9. The summed E-state index contributed by atoms with van der Waals surface area (Å²) >= 11 is 0. The zero-order valence-electron chi connectivity index (χ0n) is 19.0. The molecule has 2 aliphatic rings. The fourth-order valence-corrected chi connectivity index (χ4v) is 5.16. The minimum absolute atomic E-state index is 0.0351. The summed E-state index contributed by atoms with van der Waals surface area (Å²) in [4.78, 5) is 42.3. The van der Waals surface area contributed by atoms with Crippen molar-refractivity contribution < 1.29 is 24.6 Å². The van der Waals surface area contributed by atoms with Gasteiger partial charge in [0.2, 0.25) is 11.8 Å². The number of nitrogens with zero attached hydrogens (tertiary/aromatic N) is 2. The molecule has 0 saturated carbocycles. The highest BCUT2D eigenvalue weighted by molar-refractivity contribution is 6.09. The Labute approximate surface area is 192 Å². The Morgan fingerprint density at radius 3 is 2.33 bits per heavy atom. The number of imide groups is 1. The van der Waals surface area contributed by atoms with Gasteiger partial charge in [0.25, 0.3) is 0 Å². The van der Waals surface area contributed by atoms with Crippen molar-refractivity contribution in [3.8, 4) is 5.75 Å². The number of hydrogen-bond donors (Lipinski definition) is 3. The number of anilines is 1. The zero-order chi connectivity index (χ0) is 23.9. The molecule has 2 aliphatic heterocycles. The Morgan fingerprint density at radius 1 is 1.09 bits per heavy atom. The van der Waals surface area contributed by atoms with E-state index in [2.05, 4.69) is 10.2 Å². The lowest BCUT2D eigenvalue weighted by Gasteiger charge is -2.28. The van der Waals surface area contributed by atoms with Crippen molar-refractivity contribution in [1.82, 2.24) is 10.2 Å². The topological polar surface area (TPSA) is 110 Å². The predicted molar refractivity (Wildman–Crippen MR) is 123 cm³/mol.